The van der Waals surface area contributed by atoms with E-state index in [0.29, 0.717) is 12.1 Å². The third-order valence-corrected chi connectivity index (χ3v) is 2.84. The van der Waals surface area contributed by atoms with Crippen molar-refractivity contribution < 1.29 is 13.6 Å². The van der Waals surface area contributed by atoms with Crippen LogP contribution in [0.4, 0.5) is 8.78 Å². The van der Waals surface area contributed by atoms with Crippen LogP contribution in [-0.2, 0) is 11.2 Å². The SMILES string of the molecule is CCCC(Cl)CNC(=O)Cc1ccc(F)c(F)c1. The molecule has 5 heteroatoms. The summed E-state index contributed by atoms with van der Waals surface area (Å²) in [5.41, 5.74) is 0.438. The summed E-state index contributed by atoms with van der Waals surface area (Å²) in [6, 6.07) is 3.43. The molecule has 0 saturated heterocycles. The number of alkyl halides is 1. The van der Waals surface area contributed by atoms with Crippen LogP contribution in [0.3, 0.4) is 0 Å². The van der Waals surface area contributed by atoms with E-state index in [9.17, 15) is 13.6 Å². The highest BCUT2D eigenvalue weighted by Gasteiger charge is 2.09. The van der Waals surface area contributed by atoms with E-state index in [-0.39, 0.29) is 17.7 Å². The molecule has 1 amide bonds. The Morgan fingerprint density at radius 2 is 2.11 bits per heavy atom. The van der Waals surface area contributed by atoms with Crippen molar-refractivity contribution in [1.82, 2.24) is 5.32 Å². The van der Waals surface area contributed by atoms with Gasteiger partial charge in [-0.2, -0.15) is 0 Å². The Bertz CT molecular complexity index is 412. The molecule has 1 rings (SSSR count). The van der Waals surface area contributed by atoms with Crippen molar-refractivity contribution in [1.29, 1.82) is 0 Å². The lowest BCUT2D eigenvalue weighted by atomic mass is 10.1. The fraction of sp³-hybridized carbons (Fsp3) is 0.462. The van der Waals surface area contributed by atoms with Gasteiger partial charge in [0.1, 0.15) is 0 Å². The van der Waals surface area contributed by atoms with Crippen LogP contribution in [0.1, 0.15) is 25.3 Å². The van der Waals surface area contributed by atoms with Gasteiger partial charge in [-0.25, -0.2) is 8.78 Å². The van der Waals surface area contributed by atoms with E-state index in [2.05, 4.69) is 5.32 Å². The largest absolute Gasteiger partial charge is 0.354 e. The van der Waals surface area contributed by atoms with E-state index >= 15 is 0 Å². The molecule has 2 nitrogen and oxygen atoms in total. The zero-order chi connectivity index (χ0) is 13.5. The third-order valence-electron chi connectivity index (χ3n) is 2.47. The molecule has 0 fully saturated rings. The number of benzene rings is 1. The molecule has 0 radical (unpaired) electrons. The van der Waals surface area contributed by atoms with Crippen LogP contribution in [0.5, 0.6) is 0 Å². The van der Waals surface area contributed by atoms with Crippen LogP contribution < -0.4 is 5.32 Å². The zero-order valence-electron chi connectivity index (χ0n) is 10.2. The van der Waals surface area contributed by atoms with Crippen molar-refractivity contribution >= 4 is 17.5 Å². The number of carbonyl (C=O) groups is 1. The first-order chi connectivity index (χ1) is 8.52. The molecule has 1 atom stereocenters. The first kappa shape index (κ1) is 14.9. The highest BCUT2D eigenvalue weighted by molar-refractivity contribution is 6.20. The van der Waals surface area contributed by atoms with Gasteiger partial charge in [-0.1, -0.05) is 19.4 Å². The minimum atomic E-state index is -0.943. The molecule has 100 valence electrons. The second kappa shape index (κ2) is 7.31. The van der Waals surface area contributed by atoms with E-state index in [0.717, 1.165) is 25.0 Å². The van der Waals surface area contributed by atoms with Crippen molar-refractivity contribution in [2.75, 3.05) is 6.54 Å². The lowest BCUT2D eigenvalue weighted by Crippen LogP contribution is -2.30. The number of halogens is 3. The van der Waals surface area contributed by atoms with Gasteiger partial charge in [0.05, 0.1) is 11.8 Å². The Kier molecular flexibility index (Phi) is 6.05. The average Bonchev–Trinajstić information content (AvgIpc) is 2.32. The minimum Gasteiger partial charge on any atom is -0.354 e. The molecular formula is C13H16ClF2NO. The van der Waals surface area contributed by atoms with Crippen LogP contribution in [-0.4, -0.2) is 17.8 Å². The first-order valence-corrected chi connectivity index (χ1v) is 6.31. The van der Waals surface area contributed by atoms with Gasteiger partial charge in [0.25, 0.3) is 0 Å². The third kappa shape index (κ3) is 5.00. The van der Waals surface area contributed by atoms with Gasteiger partial charge in [0.2, 0.25) is 5.91 Å². The quantitative estimate of drug-likeness (QED) is 0.795. The van der Waals surface area contributed by atoms with Crippen molar-refractivity contribution in [3.8, 4) is 0 Å². The van der Waals surface area contributed by atoms with E-state index in [1.54, 1.807) is 0 Å². The Labute approximate surface area is 110 Å². The number of hydrogen-bond acceptors (Lipinski definition) is 1. The van der Waals surface area contributed by atoms with Gasteiger partial charge in [-0.15, -0.1) is 11.6 Å². The normalized spacial score (nSPS) is 12.2. The van der Waals surface area contributed by atoms with Crippen molar-refractivity contribution in [2.45, 2.75) is 31.6 Å². The summed E-state index contributed by atoms with van der Waals surface area (Å²) in [6.45, 7) is 2.40. The molecule has 1 aromatic carbocycles. The molecule has 0 bridgehead atoms. The second-order valence-electron chi connectivity index (χ2n) is 4.12. The molecule has 1 N–H and O–H groups in total. The predicted molar refractivity (Wildman–Crippen MR) is 67.6 cm³/mol. The highest BCUT2D eigenvalue weighted by atomic mass is 35.5. The van der Waals surface area contributed by atoms with E-state index in [1.165, 1.54) is 6.07 Å². The molecule has 0 saturated carbocycles. The van der Waals surface area contributed by atoms with Crippen LogP contribution >= 0.6 is 11.6 Å². The van der Waals surface area contributed by atoms with Gasteiger partial charge in [0, 0.05) is 6.54 Å². The fourth-order valence-electron chi connectivity index (χ4n) is 1.54. The number of hydrogen-bond donors (Lipinski definition) is 1. The maximum Gasteiger partial charge on any atom is 0.224 e. The molecule has 0 aliphatic heterocycles. The molecule has 0 aliphatic rings. The number of rotatable bonds is 6. The average molecular weight is 276 g/mol. The molecular weight excluding hydrogens is 260 g/mol. The van der Waals surface area contributed by atoms with E-state index in [4.69, 9.17) is 11.6 Å². The highest BCUT2D eigenvalue weighted by Crippen LogP contribution is 2.09. The molecule has 0 aromatic heterocycles. The Morgan fingerprint density at radius 1 is 1.39 bits per heavy atom. The first-order valence-electron chi connectivity index (χ1n) is 5.87. The van der Waals surface area contributed by atoms with Gasteiger partial charge in [0.15, 0.2) is 11.6 Å². The minimum absolute atomic E-state index is 0.0208. The van der Waals surface area contributed by atoms with Crippen LogP contribution in [0.2, 0.25) is 0 Å². The summed E-state index contributed by atoms with van der Waals surface area (Å²) in [6.07, 6.45) is 1.80. The summed E-state index contributed by atoms with van der Waals surface area (Å²) in [5.74, 6) is -2.10. The fourth-order valence-corrected chi connectivity index (χ4v) is 1.83. The van der Waals surface area contributed by atoms with Gasteiger partial charge in [-0.05, 0) is 24.1 Å². The smallest absolute Gasteiger partial charge is 0.224 e. The van der Waals surface area contributed by atoms with Gasteiger partial charge >= 0.3 is 0 Å². The summed E-state index contributed by atoms with van der Waals surface area (Å²) < 4.78 is 25.6. The van der Waals surface area contributed by atoms with Gasteiger partial charge < -0.3 is 5.32 Å². The lowest BCUT2D eigenvalue weighted by Gasteiger charge is -2.09. The Balaban J connectivity index is 2.42. The summed E-state index contributed by atoms with van der Waals surface area (Å²) in [4.78, 5) is 11.5. The van der Waals surface area contributed by atoms with Crippen LogP contribution in [0.15, 0.2) is 18.2 Å². The number of nitrogens with one attached hydrogen (secondary N) is 1. The van der Waals surface area contributed by atoms with E-state index < -0.39 is 11.6 Å². The lowest BCUT2D eigenvalue weighted by molar-refractivity contribution is -0.120. The standard InChI is InChI=1S/C13H16ClF2NO/c1-2-3-10(14)8-17-13(18)7-9-4-5-11(15)12(16)6-9/h4-6,10H,2-3,7-8H2,1H3,(H,17,18). The van der Waals surface area contributed by atoms with Crippen molar-refractivity contribution in [3.63, 3.8) is 0 Å². The number of amides is 1. The Hall–Kier alpha value is -1.16. The zero-order valence-corrected chi connectivity index (χ0v) is 10.9. The summed E-state index contributed by atoms with van der Waals surface area (Å²) in [7, 11) is 0. The molecule has 1 aromatic rings. The maximum atomic E-state index is 12.9. The summed E-state index contributed by atoms with van der Waals surface area (Å²) >= 11 is 5.95. The summed E-state index contributed by atoms with van der Waals surface area (Å²) in [5, 5.41) is 2.57. The second-order valence-corrected chi connectivity index (χ2v) is 4.73. The monoisotopic (exact) mass is 275 g/mol. The Morgan fingerprint density at radius 3 is 2.72 bits per heavy atom. The number of carbonyl (C=O) groups excluding carboxylic acids is 1. The molecule has 0 heterocycles. The predicted octanol–water partition coefficient (Wildman–Crippen LogP) is 3.03. The molecule has 1 unspecified atom stereocenters. The molecule has 18 heavy (non-hydrogen) atoms. The molecule has 0 spiro atoms. The van der Waals surface area contributed by atoms with Crippen molar-refractivity contribution in [2.24, 2.45) is 0 Å². The van der Waals surface area contributed by atoms with Crippen LogP contribution in [0.25, 0.3) is 0 Å². The topological polar surface area (TPSA) is 29.1 Å². The van der Waals surface area contributed by atoms with Crippen molar-refractivity contribution in [3.05, 3.63) is 35.4 Å². The van der Waals surface area contributed by atoms with E-state index in [1.807, 2.05) is 6.92 Å². The van der Waals surface area contributed by atoms with Crippen LogP contribution in [0, 0.1) is 11.6 Å². The molecule has 0 aliphatic carbocycles. The maximum absolute atomic E-state index is 12.9. The van der Waals surface area contributed by atoms with Gasteiger partial charge in [-0.3, -0.25) is 4.79 Å².